The molecule has 0 aliphatic heterocycles. The summed E-state index contributed by atoms with van der Waals surface area (Å²) in [4.78, 5) is 8.36. The third kappa shape index (κ3) is 11.9. The average Bonchev–Trinajstić information content (AvgIpc) is 2.56. The van der Waals surface area contributed by atoms with E-state index in [0.717, 1.165) is 32.3 Å². The molecule has 0 aliphatic carbocycles. The van der Waals surface area contributed by atoms with Crippen LogP contribution in [0, 0.1) is 0 Å². The maximum absolute atomic E-state index is 8.36. The number of hydrogen-bond donors (Lipinski definition) is 2. The highest BCUT2D eigenvalue weighted by Gasteiger charge is 2.04. The van der Waals surface area contributed by atoms with Gasteiger partial charge in [-0.25, -0.2) is 0 Å². The standard InChI is InChI=1S/C19H31NO.CH2O2/c1-4-14-21-19(5-2)9-7-6-8-17-10-12-18(13-11-17)15-16(3)20;2-1-3/h5,10-13,16,19H,2,4,6-9,14-15,20H2,1,3H3;1H,(H,2,3). The van der Waals surface area contributed by atoms with Crippen LogP contribution < -0.4 is 5.73 Å². The number of nitrogens with two attached hydrogens (primary N) is 1. The molecule has 2 atom stereocenters. The Bertz CT molecular complexity index is 429. The van der Waals surface area contributed by atoms with Crippen molar-refractivity contribution < 1.29 is 14.6 Å². The molecule has 0 aromatic heterocycles. The second-order valence-corrected chi connectivity index (χ2v) is 5.99. The maximum atomic E-state index is 8.36. The Kier molecular flexibility index (Phi) is 13.9. The van der Waals surface area contributed by atoms with Crippen LogP contribution in [0.15, 0.2) is 36.9 Å². The van der Waals surface area contributed by atoms with Gasteiger partial charge in [0.05, 0.1) is 6.10 Å². The van der Waals surface area contributed by atoms with Crippen LogP contribution >= 0.6 is 0 Å². The molecule has 1 aromatic carbocycles. The zero-order valence-corrected chi connectivity index (χ0v) is 15.1. The lowest BCUT2D eigenvalue weighted by atomic mass is 10.0. The third-order valence-corrected chi connectivity index (χ3v) is 3.58. The molecule has 0 spiro atoms. The van der Waals surface area contributed by atoms with Crippen LogP contribution in [0.3, 0.4) is 0 Å². The SMILES string of the molecule is C=CC(CCCCc1ccc(CC(C)N)cc1)OCCC.O=CO. The van der Waals surface area contributed by atoms with Crippen molar-refractivity contribution in [3.63, 3.8) is 0 Å². The van der Waals surface area contributed by atoms with Gasteiger partial charge in [0.15, 0.2) is 0 Å². The molecular weight excluding hydrogens is 302 g/mol. The highest BCUT2D eigenvalue weighted by molar-refractivity contribution is 5.32. The number of ether oxygens (including phenoxy) is 1. The van der Waals surface area contributed by atoms with Gasteiger partial charge >= 0.3 is 0 Å². The summed E-state index contributed by atoms with van der Waals surface area (Å²) in [6.07, 6.45) is 8.77. The van der Waals surface area contributed by atoms with E-state index >= 15 is 0 Å². The van der Waals surface area contributed by atoms with Crippen LogP contribution in [-0.4, -0.2) is 30.3 Å². The van der Waals surface area contributed by atoms with Gasteiger partial charge in [0.2, 0.25) is 0 Å². The van der Waals surface area contributed by atoms with Gasteiger partial charge < -0.3 is 15.6 Å². The van der Waals surface area contributed by atoms with Crippen molar-refractivity contribution >= 4 is 6.47 Å². The minimum atomic E-state index is -0.250. The number of hydrogen-bond acceptors (Lipinski definition) is 3. The molecule has 0 bridgehead atoms. The van der Waals surface area contributed by atoms with E-state index in [2.05, 4.69) is 37.8 Å². The lowest BCUT2D eigenvalue weighted by Gasteiger charge is -2.13. The second-order valence-electron chi connectivity index (χ2n) is 5.99. The maximum Gasteiger partial charge on any atom is 0.290 e. The quantitative estimate of drug-likeness (QED) is 0.364. The van der Waals surface area contributed by atoms with Gasteiger partial charge in [0.25, 0.3) is 6.47 Å². The summed E-state index contributed by atoms with van der Waals surface area (Å²) < 4.78 is 5.72. The summed E-state index contributed by atoms with van der Waals surface area (Å²) in [5.41, 5.74) is 8.55. The fourth-order valence-electron chi connectivity index (χ4n) is 2.43. The smallest absolute Gasteiger partial charge is 0.290 e. The van der Waals surface area contributed by atoms with Crippen molar-refractivity contribution in [3.8, 4) is 0 Å². The molecule has 0 heterocycles. The highest BCUT2D eigenvalue weighted by Crippen LogP contribution is 2.12. The first kappa shape index (κ1) is 22.4. The van der Waals surface area contributed by atoms with Gasteiger partial charge in [-0.2, -0.15) is 0 Å². The van der Waals surface area contributed by atoms with E-state index in [1.807, 2.05) is 13.0 Å². The fraction of sp³-hybridized carbons (Fsp3) is 0.550. The summed E-state index contributed by atoms with van der Waals surface area (Å²) in [7, 11) is 0. The summed E-state index contributed by atoms with van der Waals surface area (Å²) in [6.45, 7) is 8.61. The average molecular weight is 335 g/mol. The normalized spacial score (nSPS) is 12.6. The van der Waals surface area contributed by atoms with E-state index in [0.29, 0.717) is 0 Å². The van der Waals surface area contributed by atoms with Gasteiger partial charge in [-0.15, -0.1) is 6.58 Å². The molecule has 24 heavy (non-hydrogen) atoms. The van der Waals surface area contributed by atoms with Gasteiger partial charge in [-0.05, 0) is 50.2 Å². The zero-order chi connectivity index (χ0) is 18.2. The van der Waals surface area contributed by atoms with Crippen molar-refractivity contribution in [2.45, 2.75) is 64.5 Å². The molecular formula is C20H33NO3. The van der Waals surface area contributed by atoms with Crippen LogP contribution in [-0.2, 0) is 22.4 Å². The molecule has 2 unspecified atom stereocenters. The van der Waals surface area contributed by atoms with E-state index < -0.39 is 0 Å². The van der Waals surface area contributed by atoms with E-state index in [4.69, 9.17) is 20.4 Å². The Hall–Kier alpha value is -1.65. The molecule has 136 valence electrons. The van der Waals surface area contributed by atoms with Crippen LogP contribution in [0.5, 0.6) is 0 Å². The summed E-state index contributed by atoms with van der Waals surface area (Å²) in [5, 5.41) is 6.89. The largest absolute Gasteiger partial charge is 0.483 e. The van der Waals surface area contributed by atoms with Crippen LogP contribution in [0.25, 0.3) is 0 Å². The van der Waals surface area contributed by atoms with Crippen molar-refractivity contribution in [1.82, 2.24) is 0 Å². The van der Waals surface area contributed by atoms with E-state index in [9.17, 15) is 0 Å². The van der Waals surface area contributed by atoms with E-state index in [1.54, 1.807) is 0 Å². The first-order valence-electron chi connectivity index (χ1n) is 8.72. The van der Waals surface area contributed by atoms with Crippen molar-refractivity contribution in [1.29, 1.82) is 0 Å². The molecule has 3 N–H and O–H groups in total. The van der Waals surface area contributed by atoms with E-state index in [1.165, 1.54) is 24.0 Å². The summed E-state index contributed by atoms with van der Waals surface area (Å²) in [6, 6.07) is 9.10. The van der Waals surface area contributed by atoms with Crippen LogP contribution in [0.4, 0.5) is 0 Å². The molecule has 4 heteroatoms. The van der Waals surface area contributed by atoms with Crippen LogP contribution in [0.2, 0.25) is 0 Å². The lowest BCUT2D eigenvalue weighted by Crippen LogP contribution is -2.17. The molecule has 0 saturated carbocycles. The Balaban J connectivity index is 0.00000163. The minimum absolute atomic E-state index is 0.221. The number of rotatable bonds is 11. The monoisotopic (exact) mass is 335 g/mol. The first-order valence-corrected chi connectivity index (χ1v) is 8.72. The number of aryl methyl sites for hydroxylation is 1. The van der Waals surface area contributed by atoms with Gasteiger partial charge in [-0.1, -0.05) is 43.7 Å². The topological polar surface area (TPSA) is 72.5 Å². The van der Waals surface area contributed by atoms with Crippen molar-refractivity contribution in [2.24, 2.45) is 5.73 Å². The Morgan fingerprint density at radius 1 is 1.25 bits per heavy atom. The summed E-state index contributed by atoms with van der Waals surface area (Å²) in [5.74, 6) is 0. The number of carbonyl (C=O) groups is 1. The van der Waals surface area contributed by atoms with Gasteiger partial charge in [0, 0.05) is 12.6 Å². The second kappa shape index (κ2) is 14.9. The fourth-order valence-corrected chi connectivity index (χ4v) is 2.43. The molecule has 0 aliphatic rings. The Labute approximate surface area is 146 Å². The van der Waals surface area contributed by atoms with Crippen molar-refractivity contribution in [3.05, 3.63) is 48.0 Å². The first-order chi connectivity index (χ1) is 11.6. The highest BCUT2D eigenvalue weighted by atomic mass is 16.5. The van der Waals surface area contributed by atoms with E-state index in [-0.39, 0.29) is 18.6 Å². The molecule has 0 saturated heterocycles. The molecule has 0 amide bonds. The molecule has 0 radical (unpaired) electrons. The van der Waals surface area contributed by atoms with Gasteiger partial charge in [-0.3, -0.25) is 4.79 Å². The minimum Gasteiger partial charge on any atom is -0.483 e. The number of benzene rings is 1. The number of carboxylic acid groups (broad SMARTS) is 1. The molecule has 1 rings (SSSR count). The Morgan fingerprint density at radius 3 is 2.33 bits per heavy atom. The lowest BCUT2D eigenvalue weighted by molar-refractivity contribution is -0.122. The van der Waals surface area contributed by atoms with Gasteiger partial charge in [0.1, 0.15) is 0 Å². The van der Waals surface area contributed by atoms with Crippen molar-refractivity contribution in [2.75, 3.05) is 6.61 Å². The predicted octanol–water partition coefficient (Wildman–Crippen LogP) is 3.97. The Morgan fingerprint density at radius 2 is 1.83 bits per heavy atom. The molecule has 0 fully saturated rings. The molecule has 1 aromatic rings. The predicted molar refractivity (Wildman–Crippen MR) is 100 cm³/mol. The third-order valence-electron chi connectivity index (χ3n) is 3.58. The zero-order valence-electron chi connectivity index (χ0n) is 15.1. The number of unbranched alkanes of at least 4 members (excludes halogenated alkanes) is 1. The van der Waals surface area contributed by atoms with Crippen LogP contribution in [0.1, 0.15) is 50.7 Å². The molecule has 4 nitrogen and oxygen atoms in total. The summed E-state index contributed by atoms with van der Waals surface area (Å²) >= 11 is 0.